The van der Waals surface area contributed by atoms with Crippen molar-refractivity contribution in [3.63, 3.8) is 0 Å². The van der Waals surface area contributed by atoms with E-state index >= 15 is 0 Å². The maximum Gasteiger partial charge on any atom is 0.471 e. The number of halogens is 3. The molecule has 0 aliphatic heterocycles. The largest absolute Gasteiger partial charge is 0.471 e. The van der Waals surface area contributed by atoms with Crippen LogP contribution in [0.3, 0.4) is 0 Å². The summed E-state index contributed by atoms with van der Waals surface area (Å²) in [5.41, 5.74) is -0.744. The van der Waals surface area contributed by atoms with Crippen LogP contribution in [-0.4, -0.2) is 53.8 Å². The Morgan fingerprint density at radius 1 is 0.907 bits per heavy atom. The Morgan fingerprint density at radius 3 is 2.02 bits per heavy atom. The van der Waals surface area contributed by atoms with Crippen LogP contribution < -0.4 is 5.32 Å². The van der Waals surface area contributed by atoms with Gasteiger partial charge in [-0.15, -0.1) is 0 Å². The minimum atomic E-state index is -4.93. The van der Waals surface area contributed by atoms with Crippen molar-refractivity contribution in [3.05, 3.63) is 0 Å². The summed E-state index contributed by atoms with van der Waals surface area (Å²) in [4.78, 5) is 25.1. The summed E-state index contributed by atoms with van der Waals surface area (Å²) in [6.07, 6.45) is 0.505. The smallest absolute Gasteiger partial charge is 0.417 e. The molecule has 3 aliphatic carbocycles. The monoisotopic (exact) mass is 647 g/mol. The zero-order valence-corrected chi connectivity index (χ0v) is 31.0. The van der Waals surface area contributed by atoms with Crippen LogP contribution in [0, 0.1) is 34.5 Å². The van der Waals surface area contributed by atoms with Crippen molar-refractivity contribution >= 4 is 28.3 Å². The van der Waals surface area contributed by atoms with Crippen molar-refractivity contribution < 1.29 is 31.6 Å². The van der Waals surface area contributed by atoms with Crippen LogP contribution in [0.25, 0.3) is 0 Å². The molecule has 7 atom stereocenters. The number of carbonyl (C=O) groups excluding carboxylic acids is 2. The number of carbonyl (C=O) groups is 2. The molecular weight excluding hydrogens is 588 g/mol. The molecule has 10 heteroatoms. The van der Waals surface area contributed by atoms with Gasteiger partial charge in [0, 0.05) is 31.1 Å². The van der Waals surface area contributed by atoms with Crippen molar-refractivity contribution in [2.24, 2.45) is 34.5 Å². The van der Waals surface area contributed by atoms with Crippen molar-refractivity contribution in [2.45, 2.75) is 149 Å². The van der Waals surface area contributed by atoms with Crippen LogP contribution in [0.15, 0.2) is 0 Å². The number of nitrogens with one attached hydrogen (secondary N) is 1. The molecular formula is C33H60F3NO4Si2. The number of fused-ring (bicyclic) bond motifs is 1. The van der Waals surface area contributed by atoms with Gasteiger partial charge in [-0.2, -0.15) is 13.2 Å². The van der Waals surface area contributed by atoms with E-state index in [4.69, 9.17) is 8.85 Å². The van der Waals surface area contributed by atoms with Gasteiger partial charge in [-0.3, -0.25) is 9.59 Å². The molecule has 5 nitrogen and oxygen atoms in total. The summed E-state index contributed by atoms with van der Waals surface area (Å²) in [5.74, 6) is -1.67. The number of ketones is 1. The van der Waals surface area contributed by atoms with Crippen molar-refractivity contribution in [1.29, 1.82) is 0 Å². The molecule has 43 heavy (non-hydrogen) atoms. The highest BCUT2D eigenvalue weighted by Crippen LogP contribution is 2.61. The Balaban J connectivity index is 1.98. The lowest BCUT2D eigenvalue weighted by Crippen LogP contribution is -2.56. The summed E-state index contributed by atoms with van der Waals surface area (Å²) in [6, 6.07) is 0. The third-order valence-corrected chi connectivity index (χ3v) is 22.0. The molecule has 3 saturated carbocycles. The van der Waals surface area contributed by atoms with Crippen LogP contribution in [0.1, 0.15) is 100 Å². The quantitative estimate of drug-likeness (QED) is 0.267. The van der Waals surface area contributed by atoms with E-state index in [1.165, 1.54) is 0 Å². The average Bonchev–Trinajstić information content (AvgIpc) is 3.14. The van der Waals surface area contributed by atoms with E-state index in [0.29, 0.717) is 19.4 Å². The van der Waals surface area contributed by atoms with E-state index in [9.17, 15) is 22.8 Å². The minimum Gasteiger partial charge on any atom is -0.417 e. The summed E-state index contributed by atoms with van der Waals surface area (Å²) in [6.45, 7) is 27.5. The first-order valence-corrected chi connectivity index (χ1v) is 22.3. The molecule has 3 aliphatic rings. The first kappa shape index (κ1) is 36.7. The summed E-state index contributed by atoms with van der Waals surface area (Å²) < 4.78 is 53.7. The van der Waals surface area contributed by atoms with Gasteiger partial charge in [-0.1, -0.05) is 55.4 Å². The van der Waals surface area contributed by atoms with Crippen molar-refractivity contribution in [2.75, 3.05) is 13.2 Å². The van der Waals surface area contributed by atoms with Crippen LogP contribution in [0.2, 0.25) is 36.3 Å². The lowest BCUT2D eigenvalue weighted by Gasteiger charge is -2.57. The number of hydrogen-bond acceptors (Lipinski definition) is 4. The van der Waals surface area contributed by atoms with Gasteiger partial charge >= 0.3 is 12.1 Å². The van der Waals surface area contributed by atoms with Gasteiger partial charge in [0.05, 0.1) is 0 Å². The van der Waals surface area contributed by atoms with E-state index < -0.39 is 34.1 Å². The lowest BCUT2D eigenvalue weighted by atomic mass is 9.49. The Morgan fingerprint density at radius 2 is 1.49 bits per heavy atom. The number of alkyl halides is 3. The molecule has 0 saturated heterocycles. The predicted molar refractivity (Wildman–Crippen MR) is 172 cm³/mol. The molecule has 0 aromatic rings. The first-order chi connectivity index (χ1) is 19.3. The first-order valence-electron chi connectivity index (χ1n) is 16.5. The van der Waals surface area contributed by atoms with Gasteiger partial charge < -0.3 is 14.2 Å². The maximum atomic E-state index is 13.3. The highest BCUT2D eigenvalue weighted by atomic mass is 28.4. The van der Waals surface area contributed by atoms with Crippen LogP contribution in [-0.2, 0) is 18.4 Å². The number of rotatable bonds is 8. The highest BCUT2D eigenvalue weighted by molar-refractivity contribution is 6.74. The molecule has 0 heterocycles. The van der Waals surface area contributed by atoms with Crippen molar-refractivity contribution in [1.82, 2.24) is 5.32 Å². The van der Waals surface area contributed by atoms with E-state index in [2.05, 4.69) is 80.0 Å². The third kappa shape index (κ3) is 7.48. The van der Waals surface area contributed by atoms with E-state index in [1.54, 1.807) is 0 Å². The Bertz CT molecular complexity index is 1030. The van der Waals surface area contributed by atoms with Gasteiger partial charge in [0.15, 0.2) is 16.6 Å². The second kappa shape index (κ2) is 12.1. The molecule has 0 bridgehead atoms. The molecule has 250 valence electrons. The Labute approximate surface area is 261 Å². The van der Waals surface area contributed by atoms with Gasteiger partial charge in [-0.05, 0) is 104 Å². The average molecular weight is 648 g/mol. The number of hydrogen-bond donors (Lipinski definition) is 1. The highest BCUT2D eigenvalue weighted by Gasteiger charge is 2.59. The molecule has 3 rings (SSSR count). The summed E-state index contributed by atoms with van der Waals surface area (Å²) >= 11 is 0. The fourth-order valence-corrected chi connectivity index (χ4v) is 10.3. The Hall–Kier alpha value is -0.716. The second-order valence-corrected chi connectivity index (χ2v) is 27.1. The summed E-state index contributed by atoms with van der Waals surface area (Å²) in [5, 5.41) is 2.39. The van der Waals surface area contributed by atoms with Gasteiger partial charge in [0.25, 0.3) is 0 Å². The predicted octanol–water partition coefficient (Wildman–Crippen LogP) is 8.90. The molecule has 0 spiro atoms. The fraction of sp³-hybridized carbons (Fsp3) is 0.939. The zero-order chi connectivity index (χ0) is 33.0. The molecule has 0 aromatic heterocycles. The minimum absolute atomic E-state index is 0.0349. The normalized spacial score (nSPS) is 34.7. The number of amides is 1. The molecule has 3 fully saturated rings. The standard InChI is InChI=1S/C33H60F3NO4Si2/c1-29(2,3)42(9,10)40-21-22-19-23(41-43(11,12)30(4,5)6)15-17-31(22,7)26-16-18-32(8)25(13-14-27(32)38)24(26)20-37-28(39)33(34,35)36/h22-26H,13-21H2,1-12H3,(H,37,39)/t22-,23+,24+,25+,26+,31+,32+/m1/s1. The number of Topliss-reactive ketones (excluding diaryl/α,β-unsaturated/α-hetero) is 1. The molecule has 0 unspecified atom stereocenters. The van der Waals surface area contributed by atoms with Gasteiger partial charge in [-0.25, -0.2) is 0 Å². The van der Waals surface area contributed by atoms with Gasteiger partial charge in [0.2, 0.25) is 0 Å². The maximum absolute atomic E-state index is 13.3. The Kier molecular flexibility index (Phi) is 10.4. The van der Waals surface area contributed by atoms with E-state index in [1.807, 2.05) is 6.92 Å². The fourth-order valence-electron chi connectivity index (χ4n) is 7.83. The summed E-state index contributed by atoms with van der Waals surface area (Å²) in [7, 11) is -4.08. The van der Waals surface area contributed by atoms with Crippen molar-refractivity contribution in [3.8, 4) is 0 Å². The lowest BCUT2D eigenvalue weighted by molar-refractivity contribution is -0.174. The van der Waals surface area contributed by atoms with Crippen LogP contribution >= 0.6 is 0 Å². The molecule has 0 radical (unpaired) electrons. The van der Waals surface area contributed by atoms with Gasteiger partial charge in [0.1, 0.15) is 5.78 Å². The molecule has 0 aromatic carbocycles. The topological polar surface area (TPSA) is 64.6 Å². The zero-order valence-electron chi connectivity index (χ0n) is 29.0. The van der Waals surface area contributed by atoms with E-state index in [-0.39, 0.29) is 57.6 Å². The molecule has 1 amide bonds. The third-order valence-electron chi connectivity index (χ3n) is 13.0. The second-order valence-electron chi connectivity index (χ2n) is 17.6. The SMILES string of the molecule is CC(C)(C)[Si](C)(C)OC[C@H]1C[C@@H](O[Si](C)(C)C(C)(C)C)CC[C@]1(C)[C@H]1CC[C@]2(C)C(=O)CC[C@H]2[C@@H]1CNC(=O)C(F)(F)F. The van der Waals surface area contributed by atoms with Crippen LogP contribution in [0.4, 0.5) is 13.2 Å². The molecule has 1 N–H and O–H groups in total. The van der Waals surface area contributed by atoms with E-state index in [0.717, 1.165) is 32.1 Å². The van der Waals surface area contributed by atoms with Crippen LogP contribution in [0.5, 0.6) is 0 Å².